The molecule has 0 spiro atoms. The van der Waals surface area contributed by atoms with Crippen molar-refractivity contribution in [2.45, 2.75) is 27.2 Å². The Kier molecular flexibility index (Phi) is 6.04. The van der Waals surface area contributed by atoms with Crippen LogP contribution in [0.3, 0.4) is 0 Å². The van der Waals surface area contributed by atoms with Crippen LogP contribution in [0, 0.1) is 5.92 Å². The number of aromatic hydroxyl groups is 3. The number of ether oxygens (including phenoxy) is 1. The molecule has 22 heavy (non-hydrogen) atoms. The Balaban J connectivity index is 2.75. The minimum absolute atomic E-state index is 0.00170. The van der Waals surface area contributed by atoms with E-state index in [0.717, 1.165) is 24.1 Å². The number of esters is 1. The van der Waals surface area contributed by atoms with Crippen molar-refractivity contribution in [2.75, 3.05) is 6.61 Å². The molecule has 0 fully saturated rings. The third kappa shape index (κ3) is 4.84. The van der Waals surface area contributed by atoms with Crippen LogP contribution in [-0.2, 0) is 4.74 Å². The van der Waals surface area contributed by atoms with E-state index in [4.69, 9.17) is 4.74 Å². The van der Waals surface area contributed by atoms with Gasteiger partial charge in [-0.05, 0) is 39.3 Å². The maximum Gasteiger partial charge on any atom is 0.338 e. The van der Waals surface area contributed by atoms with Crippen molar-refractivity contribution in [1.29, 1.82) is 0 Å². The van der Waals surface area contributed by atoms with E-state index in [1.54, 1.807) is 0 Å². The van der Waals surface area contributed by atoms with Crippen molar-refractivity contribution in [3.8, 4) is 17.2 Å². The Hall–Kier alpha value is -2.43. The van der Waals surface area contributed by atoms with Crippen molar-refractivity contribution in [3.63, 3.8) is 0 Å². The zero-order valence-corrected chi connectivity index (χ0v) is 13.1. The van der Waals surface area contributed by atoms with E-state index >= 15 is 0 Å². The summed E-state index contributed by atoms with van der Waals surface area (Å²) in [4.78, 5) is 12.0. The summed E-state index contributed by atoms with van der Waals surface area (Å²) in [5.74, 6) is -2.51. The number of hydrogen-bond acceptors (Lipinski definition) is 5. The Morgan fingerprint density at radius 1 is 1.23 bits per heavy atom. The standard InChI is InChI=1S/C17H22O5/c1-10(2)5-6-12(11(3)4)9-22-17(21)13-7-14(18)16(20)15(19)8-13/h5,7-8,12,18-20H,3,6,9H2,1-2,4H3. The molecule has 1 rings (SSSR count). The summed E-state index contributed by atoms with van der Waals surface area (Å²) in [6.45, 7) is 9.89. The summed E-state index contributed by atoms with van der Waals surface area (Å²) in [6, 6.07) is 2.09. The molecule has 1 unspecified atom stereocenters. The Labute approximate surface area is 130 Å². The number of allylic oxidation sites excluding steroid dienone is 2. The first-order valence-electron chi connectivity index (χ1n) is 6.93. The van der Waals surface area contributed by atoms with Crippen molar-refractivity contribution in [3.05, 3.63) is 41.5 Å². The van der Waals surface area contributed by atoms with Gasteiger partial charge in [-0.25, -0.2) is 4.79 Å². The molecule has 0 aliphatic rings. The normalized spacial score (nSPS) is 11.6. The first-order valence-corrected chi connectivity index (χ1v) is 6.93. The lowest BCUT2D eigenvalue weighted by Crippen LogP contribution is -2.15. The highest BCUT2D eigenvalue weighted by Crippen LogP contribution is 2.35. The monoisotopic (exact) mass is 306 g/mol. The smallest absolute Gasteiger partial charge is 0.338 e. The zero-order chi connectivity index (χ0) is 16.9. The molecule has 0 bridgehead atoms. The number of phenolic OH excluding ortho intramolecular Hbond substituents is 3. The predicted molar refractivity (Wildman–Crippen MR) is 84.1 cm³/mol. The fourth-order valence-corrected chi connectivity index (χ4v) is 1.77. The molecule has 0 saturated heterocycles. The van der Waals surface area contributed by atoms with E-state index in [9.17, 15) is 20.1 Å². The van der Waals surface area contributed by atoms with Crippen LogP contribution in [0.5, 0.6) is 17.2 Å². The van der Waals surface area contributed by atoms with E-state index in [1.165, 1.54) is 5.57 Å². The summed E-state index contributed by atoms with van der Waals surface area (Å²) in [5, 5.41) is 28.1. The lowest BCUT2D eigenvalue weighted by Gasteiger charge is -2.16. The van der Waals surface area contributed by atoms with Gasteiger partial charge in [0.1, 0.15) is 0 Å². The number of phenols is 3. The molecule has 1 atom stereocenters. The molecule has 1 aromatic rings. The highest BCUT2D eigenvalue weighted by atomic mass is 16.5. The maximum absolute atomic E-state index is 12.0. The van der Waals surface area contributed by atoms with Gasteiger partial charge in [0.15, 0.2) is 17.2 Å². The van der Waals surface area contributed by atoms with Crippen LogP contribution in [0.25, 0.3) is 0 Å². The molecular formula is C17H22O5. The fourth-order valence-electron chi connectivity index (χ4n) is 1.77. The van der Waals surface area contributed by atoms with Gasteiger partial charge in [-0.2, -0.15) is 0 Å². The second-order valence-electron chi connectivity index (χ2n) is 5.52. The number of carbonyl (C=O) groups is 1. The van der Waals surface area contributed by atoms with E-state index in [2.05, 4.69) is 6.58 Å². The number of rotatable bonds is 6. The van der Waals surface area contributed by atoms with Crippen LogP contribution in [0.15, 0.2) is 35.9 Å². The van der Waals surface area contributed by atoms with Gasteiger partial charge in [-0.15, -0.1) is 0 Å². The van der Waals surface area contributed by atoms with E-state index < -0.39 is 23.2 Å². The second-order valence-corrected chi connectivity index (χ2v) is 5.52. The van der Waals surface area contributed by atoms with Crippen LogP contribution in [0.1, 0.15) is 37.6 Å². The van der Waals surface area contributed by atoms with Crippen LogP contribution in [-0.4, -0.2) is 27.9 Å². The average Bonchev–Trinajstić information content (AvgIpc) is 2.43. The molecule has 0 aliphatic heterocycles. The molecule has 0 amide bonds. The largest absolute Gasteiger partial charge is 0.504 e. The molecule has 5 heteroatoms. The van der Waals surface area contributed by atoms with Gasteiger partial charge >= 0.3 is 5.97 Å². The summed E-state index contributed by atoms with van der Waals surface area (Å²) in [7, 11) is 0. The van der Waals surface area contributed by atoms with Crippen molar-refractivity contribution in [2.24, 2.45) is 5.92 Å². The summed E-state index contributed by atoms with van der Waals surface area (Å²) < 4.78 is 5.20. The van der Waals surface area contributed by atoms with Crippen LogP contribution < -0.4 is 0 Å². The first-order chi connectivity index (χ1) is 10.2. The van der Waals surface area contributed by atoms with E-state index in [0.29, 0.717) is 0 Å². The lowest BCUT2D eigenvalue weighted by molar-refractivity contribution is 0.0459. The Morgan fingerprint density at radius 3 is 2.23 bits per heavy atom. The predicted octanol–water partition coefficient (Wildman–Crippen LogP) is 3.51. The summed E-state index contributed by atoms with van der Waals surface area (Å²) in [6.07, 6.45) is 2.77. The molecule has 5 nitrogen and oxygen atoms in total. The second kappa shape index (κ2) is 7.54. The molecule has 1 aromatic carbocycles. The summed E-state index contributed by atoms with van der Waals surface area (Å²) in [5.41, 5.74) is 2.04. The molecule has 0 heterocycles. The minimum atomic E-state index is -0.686. The van der Waals surface area contributed by atoms with Gasteiger partial charge in [0.25, 0.3) is 0 Å². The zero-order valence-electron chi connectivity index (χ0n) is 13.1. The Bertz CT molecular complexity index is 574. The quantitative estimate of drug-likeness (QED) is 0.425. The number of hydrogen-bond donors (Lipinski definition) is 3. The first kappa shape index (κ1) is 17.6. The van der Waals surface area contributed by atoms with Crippen molar-refractivity contribution in [1.82, 2.24) is 0 Å². The Morgan fingerprint density at radius 2 is 1.77 bits per heavy atom. The average molecular weight is 306 g/mol. The van der Waals surface area contributed by atoms with Gasteiger partial charge in [0, 0.05) is 5.92 Å². The molecule has 0 saturated carbocycles. The molecular weight excluding hydrogens is 284 g/mol. The van der Waals surface area contributed by atoms with Crippen LogP contribution >= 0.6 is 0 Å². The van der Waals surface area contributed by atoms with Crippen LogP contribution in [0.4, 0.5) is 0 Å². The van der Waals surface area contributed by atoms with E-state index in [-0.39, 0.29) is 18.1 Å². The van der Waals surface area contributed by atoms with E-state index in [1.807, 2.05) is 26.8 Å². The van der Waals surface area contributed by atoms with Gasteiger partial charge in [0.2, 0.25) is 0 Å². The molecule has 0 aliphatic carbocycles. The number of benzene rings is 1. The minimum Gasteiger partial charge on any atom is -0.504 e. The van der Waals surface area contributed by atoms with Gasteiger partial charge < -0.3 is 20.1 Å². The molecule has 120 valence electrons. The molecule has 0 aromatic heterocycles. The van der Waals surface area contributed by atoms with Gasteiger partial charge in [0.05, 0.1) is 12.2 Å². The SMILES string of the molecule is C=C(C)C(CC=C(C)C)COC(=O)c1cc(O)c(O)c(O)c1. The fraction of sp³-hybridized carbons (Fsp3) is 0.353. The molecule has 3 N–H and O–H groups in total. The van der Waals surface area contributed by atoms with Gasteiger partial charge in [-0.3, -0.25) is 0 Å². The highest BCUT2D eigenvalue weighted by Gasteiger charge is 2.17. The van der Waals surface area contributed by atoms with Gasteiger partial charge in [-0.1, -0.05) is 23.8 Å². The maximum atomic E-state index is 12.0. The third-order valence-electron chi connectivity index (χ3n) is 3.23. The summed E-state index contributed by atoms with van der Waals surface area (Å²) >= 11 is 0. The van der Waals surface area contributed by atoms with Crippen LogP contribution in [0.2, 0.25) is 0 Å². The van der Waals surface area contributed by atoms with Crippen molar-refractivity contribution < 1.29 is 24.9 Å². The van der Waals surface area contributed by atoms with Crippen molar-refractivity contribution >= 4 is 5.97 Å². The highest BCUT2D eigenvalue weighted by molar-refractivity contribution is 5.91. The number of carbonyl (C=O) groups excluding carboxylic acids is 1. The molecule has 0 radical (unpaired) electrons. The third-order valence-corrected chi connectivity index (χ3v) is 3.23. The lowest BCUT2D eigenvalue weighted by atomic mass is 9.98. The topological polar surface area (TPSA) is 87.0 Å².